The Bertz CT molecular complexity index is 652. The second kappa shape index (κ2) is 11.2. The third kappa shape index (κ3) is 6.79. The quantitative estimate of drug-likeness (QED) is 0.651. The fraction of sp³-hybridized carbons (Fsp3) is 0.409. The maximum Gasteiger partial charge on any atom is 0.241 e. The number of nitrogens with one attached hydrogen (secondary N) is 1. The molecule has 0 aliphatic rings. The Labute approximate surface area is 157 Å². The number of amides is 1. The zero-order chi connectivity index (χ0) is 18.6. The van der Waals surface area contributed by atoms with Gasteiger partial charge in [-0.05, 0) is 30.5 Å². The Kier molecular flexibility index (Phi) is 8.53. The van der Waals surface area contributed by atoms with E-state index >= 15 is 0 Å². The molecule has 0 heterocycles. The average Bonchev–Trinajstić information content (AvgIpc) is 2.67. The van der Waals surface area contributed by atoms with Crippen LogP contribution in [0, 0.1) is 0 Å². The fourth-order valence-electron chi connectivity index (χ4n) is 2.82. The second-order valence-corrected chi connectivity index (χ2v) is 6.35. The molecule has 0 radical (unpaired) electrons. The maximum atomic E-state index is 12.3. The van der Waals surface area contributed by atoms with Crippen LogP contribution < -0.4 is 10.1 Å². The molecule has 0 saturated carbocycles. The molecule has 26 heavy (non-hydrogen) atoms. The van der Waals surface area contributed by atoms with Gasteiger partial charge in [-0.25, -0.2) is 0 Å². The molecule has 4 nitrogen and oxygen atoms in total. The molecule has 1 amide bonds. The second-order valence-electron chi connectivity index (χ2n) is 6.35. The minimum atomic E-state index is 0.143. The Morgan fingerprint density at radius 3 is 2.42 bits per heavy atom. The van der Waals surface area contributed by atoms with Crippen molar-refractivity contribution in [3.05, 3.63) is 60.2 Å². The van der Waals surface area contributed by atoms with Gasteiger partial charge in [0.05, 0.1) is 13.2 Å². The van der Waals surface area contributed by atoms with Crippen LogP contribution in [0.15, 0.2) is 54.6 Å². The van der Waals surface area contributed by atoms with E-state index in [4.69, 9.17) is 4.74 Å². The van der Waals surface area contributed by atoms with Gasteiger partial charge in [0.1, 0.15) is 5.75 Å². The van der Waals surface area contributed by atoms with Crippen LogP contribution in [-0.4, -0.2) is 37.0 Å². The number of carbonyl (C=O) groups excluding carboxylic acids is 1. The normalized spacial score (nSPS) is 10.4. The SMILES string of the molecule is CCCN(CCC)C(=O)CNc1cccc(OCCc2ccccc2)c1. The Morgan fingerprint density at radius 1 is 1.00 bits per heavy atom. The minimum Gasteiger partial charge on any atom is -0.493 e. The highest BCUT2D eigenvalue weighted by Crippen LogP contribution is 2.17. The van der Waals surface area contributed by atoms with E-state index in [1.807, 2.05) is 47.4 Å². The van der Waals surface area contributed by atoms with E-state index in [-0.39, 0.29) is 5.91 Å². The lowest BCUT2D eigenvalue weighted by molar-refractivity contribution is -0.129. The smallest absolute Gasteiger partial charge is 0.241 e. The van der Waals surface area contributed by atoms with E-state index in [9.17, 15) is 4.79 Å². The molecule has 0 aliphatic carbocycles. The molecular weight excluding hydrogens is 324 g/mol. The molecule has 2 rings (SSSR count). The summed E-state index contributed by atoms with van der Waals surface area (Å²) in [6, 6.07) is 18.1. The molecule has 0 atom stereocenters. The Balaban J connectivity index is 1.81. The van der Waals surface area contributed by atoms with Crippen molar-refractivity contribution >= 4 is 11.6 Å². The zero-order valence-electron chi connectivity index (χ0n) is 15.9. The van der Waals surface area contributed by atoms with Crippen LogP contribution in [0.2, 0.25) is 0 Å². The molecule has 0 aromatic heterocycles. The molecule has 0 unspecified atom stereocenters. The van der Waals surface area contributed by atoms with E-state index < -0.39 is 0 Å². The van der Waals surface area contributed by atoms with Gasteiger partial charge < -0.3 is 15.0 Å². The summed E-state index contributed by atoms with van der Waals surface area (Å²) in [4.78, 5) is 14.3. The van der Waals surface area contributed by atoms with Crippen molar-refractivity contribution in [2.24, 2.45) is 0 Å². The molecular formula is C22H30N2O2. The van der Waals surface area contributed by atoms with Gasteiger partial charge in [-0.3, -0.25) is 4.79 Å². The number of rotatable bonds is 11. The van der Waals surface area contributed by atoms with Gasteiger partial charge in [0.15, 0.2) is 0 Å². The van der Waals surface area contributed by atoms with Crippen LogP contribution in [0.1, 0.15) is 32.3 Å². The minimum absolute atomic E-state index is 0.143. The largest absolute Gasteiger partial charge is 0.493 e. The summed E-state index contributed by atoms with van der Waals surface area (Å²) in [5.74, 6) is 0.960. The summed E-state index contributed by atoms with van der Waals surface area (Å²) in [5, 5.41) is 3.22. The fourth-order valence-corrected chi connectivity index (χ4v) is 2.82. The van der Waals surface area contributed by atoms with Gasteiger partial charge in [-0.1, -0.05) is 50.2 Å². The first kappa shape index (κ1) is 19.8. The van der Waals surface area contributed by atoms with Gasteiger partial charge in [0, 0.05) is 31.3 Å². The first-order valence-corrected chi connectivity index (χ1v) is 9.51. The van der Waals surface area contributed by atoms with E-state index in [0.717, 1.165) is 43.8 Å². The lowest BCUT2D eigenvalue weighted by atomic mass is 10.2. The van der Waals surface area contributed by atoms with Crippen LogP contribution in [0.5, 0.6) is 5.75 Å². The number of benzene rings is 2. The number of carbonyl (C=O) groups is 1. The van der Waals surface area contributed by atoms with Crippen molar-refractivity contribution in [2.75, 3.05) is 31.6 Å². The molecule has 0 spiro atoms. The van der Waals surface area contributed by atoms with Crippen LogP contribution >= 0.6 is 0 Å². The summed E-state index contributed by atoms with van der Waals surface area (Å²) in [6.07, 6.45) is 2.84. The zero-order valence-corrected chi connectivity index (χ0v) is 15.9. The van der Waals surface area contributed by atoms with E-state index in [0.29, 0.717) is 13.2 Å². The van der Waals surface area contributed by atoms with E-state index in [1.54, 1.807) is 0 Å². The number of ether oxygens (including phenoxy) is 1. The molecule has 0 fully saturated rings. The summed E-state index contributed by atoms with van der Waals surface area (Å²) < 4.78 is 5.85. The molecule has 0 saturated heterocycles. The van der Waals surface area contributed by atoms with Crippen LogP contribution in [0.25, 0.3) is 0 Å². The van der Waals surface area contributed by atoms with Gasteiger partial charge in [-0.2, -0.15) is 0 Å². The van der Waals surface area contributed by atoms with Crippen molar-refractivity contribution in [1.82, 2.24) is 4.90 Å². The highest BCUT2D eigenvalue weighted by molar-refractivity contribution is 5.80. The molecule has 0 aliphatic heterocycles. The summed E-state index contributed by atoms with van der Waals surface area (Å²) in [5.41, 5.74) is 2.17. The topological polar surface area (TPSA) is 41.6 Å². The van der Waals surface area contributed by atoms with E-state index in [2.05, 4.69) is 31.3 Å². The molecule has 2 aromatic carbocycles. The number of anilines is 1. The number of hydrogen-bond donors (Lipinski definition) is 1. The van der Waals surface area contributed by atoms with Crippen LogP contribution in [-0.2, 0) is 11.2 Å². The van der Waals surface area contributed by atoms with Gasteiger partial charge in [0.25, 0.3) is 0 Å². The van der Waals surface area contributed by atoms with Gasteiger partial charge in [0.2, 0.25) is 5.91 Å². The van der Waals surface area contributed by atoms with Crippen LogP contribution in [0.4, 0.5) is 5.69 Å². The monoisotopic (exact) mass is 354 g/mol. The third-order valence-corrected chi connectivity index (χ3v) is 4.12. The molecule has 4 heteroatoms. The predicted octanol–water partition coefficient (Wildman–Crippen LogP) is 4.37. The van der Waals surface area contributed by atoms with Crippen molar-refractivity contribution < 1.29 is 9.53 Å². The highest BCUT2D eigenvalue weighted by atomic mass is 16.5. The third-order valence-electron chi connectivity index (χ3n) is 4.12. The van der Waals surface area contributed by atoms with E-state index in [1.165, 1.54) is 5.56 Å². The summed E-state index contributed by atoms with van der Waals surface area (Å²) in [7, 11) is 0. The van der Waals surface area contributed by atoms with Gasteiger partial charge in [-0.15, -0.1) is 0 Å². The number of nitrogens with zero attached hydrogens (tertiary/aromatic N) is 1. The summed E-state index contributed by atoms with van der Waals surface area (Å²) in [6.45, 7) is 6.77. The maximum absolute atomic E-state index is 12.3. The summed E-state index contributed by atoms with van der Waals surface area (Å²) >= 11 is 0. The average molecular weight is 354 g/mol. The van der Waals surface area contributed by atoms with Crippen molar-refractivity contribution in [3.8, 4) is 5.75 Å². The van der Waals surface area contributed by atoms with Crippen molar-refractivity contribution in [2.45, 2.75) is 33.1 Å². The van der Waals surface area contributed by atoms with Gasteiger partial charge >= 0.3 is 0 Å². The molecule has 140 valence electrons. The van der Waals surface area contributed by atoms with Crippen molar-refractivity contribution in [3.63, 3.8) is 0 Å². The Hall–Kier alpha value is -2.49. The molecule has 2 aromatic rings. The number of hydrogen-bond acceptors (Lipinski definition) is 3. The molecule has 1 N–H and O–H groups in total. The first-order chi connectivity index (χ1) is 12.7. The predicted molar refractivity (Wildman–Crippen MR) is 108 cm³/mol. The van der Waals surface area contributed by atoms with Crippen LogP contribution in [0.3, 0.4) is 0 Å². The van der Waals surface area contributed by atoms with Crippen molar-refractivity contribution in [1.29, 1.82) is 0 Å². The highest BCUT2D eigenvalue weighted by Gasteiger charge is 2.11. The lowest BCUT2D eigenvalue weighted by Crippen LogP contribution is -2.36. The standard InChI is InChI=1S/C22H30N2O2/c1-3-14-24(15-4-2)22(25)18-23-20-11-8-12-21(17-20)26-16-13-19-9-6-5-7-10-19/h5-12,17,23H,3-4,13-16,18H2,1-2H3. The lowest BCUT2D eigenvalue weighted by Gasteiger charge is -2.22. The molecule has 0 bridgehead atoms. The Morgan fingerprint density at radius 2 is 1.73 bits per heavy atom. The first-order valence-electron chi connectivity index (χ1n) is 9.51.